The molecule has 2 N–H and O–H groups in total. The summed E-state index contributed by atoms with van der Waals surface area (Å²) < 4.78 is 5.83. The molecule has 2 heteroatoms. The lowest BCUT2D eigenvalue weighted by molar-refractivity contribution is 0.289. The second kappa shape index (κ2) is 6.31. The Labute approximate surface area is 127 Å². The Morgan fingerprint density at radius 3 is 2.19 bits per heavy atom. The van der Waals surface area contributed by atoms with E-state index in [1.54, 1.807) is 0 Å². The quantitative estimate of drug-likeness (QED) is 0.904. The van der Waals surface area contributed by atoms with Crippen molar-refractivity contribution < 1.29 is 4.74 Å². The highest BCUT2D eigenvalue weighted by molar-refractivity contribution is 5.32. The van der Waals surface area contributed by atoms with Crippen LogP contribution in [0.15, 0.2) is 48.5 Å². The first-order valence-electron chi connectivity index (χ1n) is 7.42. The van der Waals surface area contributed by atoms with Crippen molar-refractivity contribution in [2.45, 2.75) is 39.2 Å². The first-order chi connectivity index (χ1) is 9.88. The van der Waals surface area contributed by atoms with Crippen molar-refractivity contribution in [3.8, 4) is 5.75 Å². The fraction of sp³-hybridized carbons (Fsp3) is 0.368. The minimum absolute atomic E-state index is 0.112. The maximum absolute atomic E-state index is 6.23. The second-order valence-electron chi connectivity index (χ2n) is 6.56. The van der Waals surface area contributed by atoms with Crippen LogP contribution in [0.25, 0.3) is 0 Å². The van der Waals surface area contributed by atoms with Gasteiger partial charge < -0.3 is 10.5 Å². The molecular formula is C19H25NO. The third kappa shape index (κ3) is 4.08. The summed E-state index contributed by atoms with van der Waals surface area (Å²) in [5.74, 6) is 0.902. The van der Waals surface area contributed by atoms with Gasteiger partial charge in [-0.2, -0.15) is 0 Å². The van der Waals surface area contributed by atoms with Gasteiger partial charge >= 0.3 is 0 Å². The van der Waals surface area contributed by atoms with Gasteiger partial charge in [-0.25, -0.2) is 0 Å². The van der Waals surface area contributed by atoms with Crippen LogP contribution in [0.5, 0.6) is 5.75 Å². The van der Waals surface area contributed by atoms with E-state index < -0.39 is 0 Å². The van der Waals surface area contributed by atoms with Crippen molar-refractivity contribution in [3.63, 3.8) is 0 Å². The normalized spacial score (nSPS) is 13.0. The number of para-hydroxylation sites is 1. The van der Waals surface area contributed by atoms with Crippen LogP contribution in [0.3, 0.4) is 0 Å². The zero-order valence-corrected chi connectivity index (χ0v) is 13.4. The van der Waals surface area contributed by atoms with Crippen molar-refractivity contribution in [1.82, 2.24) is 0 Å². The third-order valence-corrected chi connectivity index (χ3v) is 3.72. The van der Waals surface area contributed by atoms with Crippen LogP contribution in [0.2, 0.25) is 0 Å². The van der Waals surface area contributed by atoms with Crippen LogP contribution in [-0.2, 0) is 5.41 Å². The zero-order chi connectivity index (χ0) is 15.5. The van der Waals surface area contributed by atoms with Gasteiger partial charge in [0, 0.05) is 0 Å². The van der Waals surface area contributed by atoms with Crippen molar-refractivity contribution in [2.24, 2.45) is 5.73 Å². The fourth-order valence-corrected chi connectivity index (χ4v) is 2.22. The lowest BCUT2D eigenvalue weighted by atomic mass is 9.86. The standard InChI is InChI=1S/C19H25NO/c1-14-7-5-6-8-18(14)21-13-17(20)15-9-11-16(12-10-15)19(2,3)4/h5-12,17H,13,20H2,1-4H3. The van der Waals surface area contributed by atoms with Gasteiger partial charge in [0.05, 0.1) is 6.04 Å². The molecular weight excluding hydrogens is 258 g/mol. The average Bonchev–Trinajstić information content (AvgIpc) is 2.45. The lowest BCUT2D eigenvalue weighted by Crippen LogP contribution is -2.19. The summed E-state index contributed by atoms with van der Waals surface area (Å²) >= 11 is 0. The van der Waals surface area contributed by atoms with Crippen LogP contribution >= 0.6 is 0 Å². The first kappa shape index (κ1) is 15.6. The number of hydrogen-bond donors (Lipinski definition) is 1. The van der Waals surface area contributed by atoms with E-state index in [4.69, 9.17) is 10.5 Å². The highest BCUT2D eigenvalue weighted by atomic mass is 16.5. The molecule has 2 aromatic rings. The van der Waals surface area contributed by atoms with Gasteiger partial charge in [-0.3, -0.25) is 0 Å². The Balaban J connectivity index is 2.01. The summed E-state index contributed by atoms with van der Waals surface area (Å²) in [5.41, 5.74) is 9.95. The van der Waals surface area contributed by atoms with Gasteiger partial charge in [0.1, 0.15) is 12.4 Å². The van der Waals surface area contributed by atoms with Crippen molar-refractivity contribution in [1.29, 1.82) is 0 Å². The fourth-order valence-electron chi connectivity index (χ4n) is 2.22. The van der Waals surface area contributed by atoms with Gasteiger partial charge in [0.2, 0.25) is 0 Å². The molecule has 2 aromatic carbocycles. The van der Waals surface area contributed by atoms with Crippen molar-refractivity contribution in [3.05, 3.63) is 65.2 Å². The van der Waals surface area contributed by atoms with E-state index in [1.165, 1.54) is 5.56 Å². The molecule has 0 fully saturated rings. The topological polar surface area (TPSA) is 35.2 Å². The monoisotopic (exact) mass is 283 g/mol. The Morgan fingerprint density at radius 1 is 1.00 bits per heavy atom. The van der Waals surface area contributed by atoms with Gasteiger partial charge in [-0.15, -0.1) is 0 Å². The predicted octanol–water partition coefficient (Wildman–Crippen LogP) is 4.37. The molecule has 0 radical (unpaired) electrons. The Kier molecular flexibility index (Phi) is 4.69. The predicted molar refractivity (Wildman–Crippen MR) is 88.7 cm³/mol. The molecule has 21 heavy (non-hydrogen) atoms. The Bertz CT molecular complexity index is 581. The van der Waals surface area contributed by atoms with Crippen molar-refractivity contribution >= 4 is 0 Å². The second-order valence-corrected chi connectivity index (χ2v) is 6.56. The molecule has 0 aliphatic carbocycles. The molecule has 0 aliphatic heterocycles. The van der Waals surface area contributed by atoms with E-state index in [2.05, 4.69) is 45.0 Å². The molecule has 1 unspecified atom stereocenters. The molecule has 1 atom stereocenters. The summed E-state index contributed by atoms with van der Waals surface area (Å²) in [6, 6.07) is 16.4. The zero-order valence-electron chi connectivity index (χ0n) is 13.4. The summed E-state index contributed by atoms with van der Waals surface area (Å²) in [7, 11) is 0. The van der Waals surface area contributed by atoms with Gasteiger partial charge in [-0.1, -0.05) is 63.2 Å². The number of aryl methyl sites for hydroxylation is 1. The SMILES string of the molecule is Cc1ccccc1OCC(N)c1ccc(C(C)(C)C)cc1. The van der Waals surface area contributed by atoms with Gasteiger partial charge in [0.15, 0.2) is 0 Å². The maximum atomic E-state index is 6.23. The smallest absolute Gasteiger partial charge is 0.122 e. The molecule has 0 bridgehead atoms. The summed E-state index contributed by atoms with van der Waals surface area (Å²) in [6.45, 7) is 9.16. The van der Waals surface area contributed by atoms with E-state index in [0.29, 0.717) is 6.61 Å². The first-order valence-corrected chi connectivity index (χ1v) is 7.42. The van der Waals surface area contributed by atoms with E-state index in [-0.39, 0.29) is 11.5 Å². The number of nitrogens with two attached hydrogens (primary N) is 1. The van der Waals surface area contributed by atoms with Crippen LogP contribution in [-0.4, -0.2) is 6.61 Å². The molecule has 0 spiro atoms. The van der Waals surface area contributed by atoms with Crippen molar-refractivity contribution in [2.75, 3.05) is 6.61 Å². The minimum Gasteiger partial charge on any atom is -0.491 e. The molecule has 0 saturated heterocycles. The van der Waals surface area contributed by atoms with Crippen LogP contribution in [0, 0.1) is 6.92 Å². The Morgan fingerprint density at radius 2 is 1.62 bits per heavy atom. The largest absolute Gasteiger partial charge is 0.491 e. The number of benzene rings is 2. The van der Waals surface area contributed by atoms with Gasteiger partial charge in [-0.05, 0) is 35.1 Å². The molecule has 0 aromatic heterocycles. The lowest BCUT2D eigenvalue weighted by Gasteiger charge is -2.20. The Hall–Kier alpha value is -1.80. The van der Waals surface area contributed by atoms with E-state index >= 15 is 0 Å². The molecule has 2 rings (SSSR count). The molecule has 112 valence electrons. The van der Waals surface area contributed by atoms with Crippen LogP contribution in [0.4, 0.5) is 0 Å². The molecule has 0 saturated carbocycles. The van der Waals surface area contributed by atoms with E-state index in [9.17, 15) is 0 Å². The summed E-state index contributed by atoms with van der Waals surface area (Å²) in [4.78, 5) is 0. The average molecular weight is 283 g/mol. The summed E-state index contributed by atoms with van der Waals surface area (Å²) in [6.07, 6.45) is 0. The van der Waals surface area contributed by atoms with Crippen LogP contribution < -0.4 is 10.5 Å². The number of hydrogen-bond acceptors (Lipinski definition) is 2. The molecule has 0 heterocycles. The number of ether oxygens (including phenoxy) is 1. The van der Waals surface area contributed by atoms with E-state index in [0.717, 1.165) is 16.9 Å². The summed E-state index contributed by atoms with van der Waals surface area (Å²) in [5, 5.41) is 0. The van der Waals surface area contributed by atoms with Crippen LogP contribution in [0.1, 0.15) is 43.5 Å². The highest BCUT2D eigenvalue weighted by Gasteiger charge is 2.14. The third-order valence-electron chi connectivity index (χ3n) is 3.72. The maximum Gasteiger partial charge on any atom is 0.122 e. The highest BCUT2D eigenvalue weighted by Crippen LogP contribution is 2.24. The van der Waals surface area contributed by atoms with Gasteiger partial charge in [0.25, 0.3) is 0 Å². The molecule has 0 amide bonds. The molecule has 0 aliphatic rings. The molecule has 2 nitrogen and oxygen atoms in total. The minimum atomic E-state index is -0.112. The van der Waals surface area contributed by atoms with E-state index in [1.807, 2.05) is 31.2 Å². The number of rotatable bonds is 4.